The highest BCUT2D eigenvalue weighted by Gasteiger charge is 2.37. The Balaban J connectivity index is 1.55. The first-order valence-electron chi connectivity index (χ1n) is 10.4. The van der Waals surface area contributed by atoms with Crippen LogP contribution in [-0.2, 0) is 11.3 Å². The monoisotopic (exact) mass is 472 g/mol. The summed E-state index contributed by atoms with van der Waals surface area (Å²) in [6.45, 7) is 2.91. The maximum Gasteiger partial charge on any atom is 0.258 e. The van der Waals surface area contributed by atoms with E-state index < -0.39 is 6.04 Å². The highest BCUT2D eigenvalue weighted by atomic mass is 35.5. The van der Waals surface area contributed by atoms with Crippen LogP contribution >= 0.6 is 23.2 Å². The number of para-hydroxylation sites is 1. The van der Waals surface area contributed by atoms with Gasteiger partial charge < -0.3 is 14.8 Å². The van der Waals surface area contributed by atoms with E-state index >= 15 is 0 Å². The molecule has 1 aliphatic rings. The van der Waals surface area contributed by atoms with Crippen LogP contribution in [0.4, 0.5) is 0 Å². The molecule has 1 fully saturated rings. The molecule has 3 aromatic rings. The van der Waals surface area contributed by atoms with Gasteiger partial charge in [0.15, 0.2) is 0 Å². The molecule has 1 aliphatic heterocycles. The molecule has 166 valence electrons. The average Bonchev–Trinajstić information content (AvgIpc) is 3.28. The second kappa shape index (κ2) is 9.30. The summed E-state index contributed by atoms with van der Waals surface area (Å²) in [5, 5.41) is 1.16. The lowest BCUT2D eigenvalue weighted by Crippen LogP contribution is -2.47. The van der Waals surface area contributed by atoms with Crippen molar-refractivity contribution >= 4 is 45.9 Å². The molecule has 4 rings (SSSR count). The molecule has 0 aliphatic carbocycles. The predicted molar refractivity (Wildman–Crippen MR) is 124 cm³/mol. The van der Waals surface area contributed by atoms with Gasteiger partial charge in [-0.05, 0) is 50.1 Å². The number of likely N-dealkylation sites (tertiary alicyclic amines) is 1. The van der Waals surface area contributed by atoms with Crippen molar-refractivity contribution in [2.24, 2.45) is 0 Å². The molecule has 32 heavy (non-hydrogen) atoms. The standard InChI is InChI=1S/C23H22Cl2N4O3/c1-2-28(13-20-26-18-7-4-3-6-15(18)21(30)27-20)23(32)19-8-5-11-29(19)22(31)14-9-10-16(24)17(25)12-14/h3-4,6-7,9-10,12,19H,2,5,8,11,13H2,1H3,(H,26,27,30). The molecule has 1 saturated heterocycles. The van der Waals surface area contributed by atoms with Gasteiger partial charge in [0, 0.05) is 18.7 Å². The number of aromatic amines is 1. The van der Waals surface area contributed by atoms with Crippen molar-refractivity contribution in [3.8, 4) is 0 Å². The quantitative estimate of drug-likeness (QED) is 0.610. The summed E-state index contributed by atoms with van der Waals surface area (Å²) in [4.78, 5) is 49.3. The molecule has 1 atom stereocenters. The summed E-state index contributed by atoms with van der Waals surface area (Å²) in [6.07, 6.45) is 1.30. The Morgan fingerprint density at radius 1 is 1.19 bits per heavy atom. The third-order valence-corrected chi connectivity index (χ3v) is 6.40. The number of nitrogens with one attached hydrogen (secondary N) is 1. The molecule has 0 spiro atoms. The third kappa shape index (κ3) is 4.36. The minimum Gasteiger partial charge on any atom is -0.334 e. The number of nitrogens with zero attached hydrogens (tertiary/aromatic N) is 3. The average molecular weight is 473 g/mol. The van der Waals surface area contributed by atoms with E-state index in [1.165, 1.54) is 6.07 Å². The van der Waals surface area contributed by atoms with Crippen LogP contribution in [0.2, 0.25) is 10.0 Å². The number of H-pyrrole nitrogens is 1. The zero-order valence-corrected chi connectivity index (χ0v) is 19.0. The van der Waals surface area contributed by atoms with Gasteiger partial charge in [-0.15, -0.1) is 0 Å². The molecule has 2 heterocycles. The van der Waals surface area contributed by atoms with Crippen LogP contribution in [0.1, 0.15) is 35.9 Å². The lowest BCUT2D eigenvalue weighted by atomic mass is 10.1. The Kier molecular flexibility index (Phi) is 6.48. The van der Waals surface area contributed by atoms with Gasteiger partial charge in [-0.3, -0.25) is 14.4 Å². The number of aromatic nitrogens is 2. The first kappa shape index (κ1) is 22.3. The summed E-state index contributed by atoms with van der Waals surface area (Å²) in [7, 11) is 0. The molecule has 2 amide bonds. The molecule has 1 N–H and O–H groups in total. The Morgan fingerprint density at radius 2 is 1.97 bits per heavy atom. The molecular formula is C23H22Cl2N4O3. The molecule has 9 heteroatoms. The summed E-state index contributed by atoms with van der Waals surface area (Å²) >= 11 is 12.0. The predicted octanol–water partition coefficient (Wildman–Crippen LogP) is 3.88. The van der Waals surface area contributed by atoms with E-state index in [1.807, 2.05) is 13.0 Å². The Morgan fingerprint density at radius 3 is 2.72 bits per heavy atom. The number of halogens is 2. The number of carbonyl (C=O) groups is 2. The van der Waals surface area contributed by atoms with Crippen molar-refractivity contribution in [3.63, 3.8) is 0 Å². The second-order valence-corrected chi connectivity index (χ2v) is 8.48. The Hall–Kier alpha value is -2.90. The van der Waals surface area contributed by atoms with Crippen LogP contribution in [0.15, 0.2) is 47.3 Å². The number of likely N-dealkylation sites (N-methyl/N-ethyl adjacent to an activating group) is 1. The van der Waals surface area contributed by atoms with Gasteiger partial charge in [0.2, 0.25) is 5.91 Å². The molecule has 1 unspecified atom stereocenters. The van der Waals surface area contributed by atoms with Gasteiger partial charge in [0.05, 0.1) is 27.5 Å². The number of amides is 2. The van der Waals surface area contributed by atoms with Crippen LogP contribution in [0.25, 0.3) is 10.9 Å². The van der Waals surface area contributed by atoms with Crippen molar-refractivity contribution in [2.45, 2.75) is 32.4 Å². The van der Waals surface area contributed by atoms with Crippen LogP contribution in [0.3, 0.4) is 0 Å². The van der Waals surface area contributed by atoms with E-state index in [-0.39, 0.29) is 23.9 Å². The maximum atomic E-state index is 13.4. The third-order valence-electron chi connectivity index (χ3n) is 5.66. The van der Waals surface area contributed by atoms with Gasteiger partial charge in [0.1, 0.15) is 11.9 Å². The van der Waals surface area contributed by atoms with Crippen molar-refractivity contribution in [1.29, 1.82) is 0 Å². The van der Waals surface area contributed by atoms with E-state index in [4.69, 9.17) is 23.2 Å². The fourth-order valence-electron chi connectivity index (χ4n) is 4.01. The summed E-state index contributed by atoms with van der Waals surface area (Å²) < 4.78 is 0. The molecule has 0 bridgehead atoms. The van der Waals surface area contributed by atoms with Crippen LogP contribution in [0, 0.1) is 0 Å². The molecular weight excluding hydrogens is 451 g/mol. The largest absolute Gasteiger partial charge is 0.334 e. The number of benzene rings is 2. The number of fused-ring (bicyclic) bond motifs is 1. The van der Waals surface area contributed by atoms with E-state index in [0.29, 0.717) is 51.8 Å². The first-order valence-corrected chi connectivity index (χ1v) is 11.2. The smallest absolute Gasteiger partial charge is 0.258 e. The second-order valence-electron chi connectivity index (χ2n) is 7.67. The van der Waals surface area contributed by atoms with Gasteiger partial charge in [0.25, 0.3) is 11.5 Å². The van der Waals surface area contributed by atoms with Crippen molar-refractivity contribution in [1.82, 2.24) is 19.8 Å². The minimum absolute atomic E-state index is 0.153. The molecule has 7 nitrogen and oxygen atoms in total. The maximum absolute atomic E-state index is 13.4. The van der Waals surface area contributed by atoms with Gasteiger partial charge in [-0.25, -0.2) is 4.98 Å². The number of carbonyl (C=O) groups excluding carboxylic acids is 2. The Bertz CT molecular complexity index is 1240. The van der Waals surface area contributed by atoms with Crippen LogP contribution < -0.4 is 5.56 Å². The van der Waals surface area contributed by atoms with Gasteiger partial charge >= 0.3 is 0 Å². The van der Waals surface area contributed by atoms with E-state index in [2.05, 4.69) is 9.97 Å². The molecule has 0 saturated carbocycles. The molecule has 1 aromatic heterocycles. The fraction of sp³-hybridized carbons (Fsp3) is 0.304. The number of hydrogen-bond acceptors (Lipinski definition) is 4. The van der Waals surface area contributed by atoms with Gasteiger partial charge in [-0.2, -0.15) is 0 Å². The summed E-state index contributed by atoms with van der Waals surface area (Å²) in [5.74, 6) is -0.0221. The molecule has 0 radical (unpaired) electrons. The zero-order valence-electron chi connectivity index (χ0n) is 17.5. The van der Waals surface area contributed by atoms with Crippen molar-refractivity contribution in [3.05, 3.63) is 74.3 Å². The topological polar surface area (TPSA) is 86.4 Å². The highest BCUT2D eigenvalue weighted by molar-refractivity contribution is 6.42. The minimum atomic E-state index is -0.580. The number of hydrogen-bond donors (Lipinski definition) is 1. The number of rotatable bonds is 5. The van der Waals surface area contributed by atoms with E-state index in [0.717, 1.165) is 6.42 Å². The van der Waals surface area contributed by atoms with E-state index in [9.17, 15) is 14.4 Å². The fourth-order valence-corrected chi connectivity index (χ4v) is 4.31. The summed E-state index contributed by atoms with van der Waals surface area (Å²) in [6, 6.07) is 11.2. The van der Waals surface area contributed by atoms with E-state index in [1.54, 1.807) is 40.1 Å². The SMILES string of the molecule is CCN(Cc1nc2ccccc2c(=O)[nH]1)C(=O)C1CCCN1C(=O)c1ccc(Cl)c(Cl)c1. The Labute approximate surface area is 194 Å². The lowest BCUT2D eigenvalue weighted by Gasteiger charge is -2.29. The molecule has 2 aromatic carbocycles. The lowest BCUT2D eigenvalue weighted by molar-refractivity contribution is -0.135. The van der Waals surface area contributed by atoms with Gasteiger partial charge in [-0.1, -0.05) is 35.3 Å². The zero-order chi connectivity index (χ0) is 22.8. The van der Waals surface area contributed by atoms with Crippen molar-refractivity contribution in [2.75, 3.05) is 13.1 Å². The van der Waals surface area contributed by atoms with Crippen LogP contribution in [-0.4, -0.2) is 50.7 Å². The highest BCUT2D eigenvalue weighted by Crippen LogP contribution is 2.26. The van der Waals surface area contributed by atoms with Crippen LogP contribution in [0.5, 0.6) is 0 Å². The van der Waals surface area contributed by atoms with Crippen molar-refractivity contribution < 1.29 is 9.59 Å². The summed E-state index contributed by atoms with van der Waals surface area (Å²) in [5.41, 5.74) is 0.723. The first-order chi connectivity index (χ1) is 15.4. The normalized spacial score (nSPS) is 15.8.